The van der Waals surface area contributed by atoms with Gasteiger partial charge in [0, 0.05) is 0 Å². The van der Waals surface area contributed by atoms with E-state index < -0.39 is 24.1 Å². The fourth-order valence-electron chi connectivity index (χ4n) is 1.30. The highest BCUT2D eigenvalue weighted by Crippen LogP contribution is 2.29. The van der Waals surface area contributed by atoms with Crippen molar-refractivity contribution in [3.63, 3.8) is 0 Å². The van der Waals surface area contributed by atoms with Crippen LogP contribution in [0.4, 0.5) is 10.5 Å². The number of hydrogen-bond donors (Lipinski definition) is 4. The van der Waals surface area contributed by atoms with Gasteiger partial charge in [-0.1, -0.05) is 29.3 Å². The number of aliphatic hydroxyl groups excluding tert-OH is 1. The quantitative estimate of drug-likeness (QED) is 0.683. The molecule has 2 amide bonds. The number of rotatable bonds is 4. The zero-order chi connectivity index (χ0) is 14.6. The lowest BCUT2D eigenvalue weighted by atomic mass is 10.2. The van der Waals surface area contributed by atoms with Gasteiger partial charge in [0.25, 0.3) is 0 Å². The van der Waals surface area contributed by atoms with Crippen LogP contribution in [-0.2, 0) is 4.79 Å². The number of benzene rings is 1. The van der Waals surface area contributed by atoms with Crippen molar-refractivity contribution in [2.24, 2.45) is 0 Å². The first-order valence-corrected chi connectivity index (χ1v) is 6.01. The van der Waals surface area contributed by atoms with Gasteiger partial charge in [-0.3, -0.25) is 0 Å². The molecule has 0 spiro atoms. The standard InChI is InChI=1S/C11H12Cl2N2O4/c1-5(16)8(10(17)18)14-11(19)15-9-6(12)3-2-4-7(9)13/h2-5,8,16H,1H3,(H,17,18)(H2,14,15,19)/t5-,8+/m1/s1. The Hall–Kier alpha value is -1.50. The number of nitrogens with one attached hydrogen (secondary N) is 2. The number of hydrogen-bond acceptors (Lipinski definition) is 3. The second kappa shape index (κ2) is 6.60. The maximum atomic E-state index is 11.6. The third-order valence-electron chi connectivity index (χ3n) is 2.24. The van der Waals surface area contributed by atoms with Crippen LogP contribution in [0.15, 0.2) is 18.2 Å². The molecule has 19 heavy (non-hydrogen) atoms. The van der Waals surface area contributed by atoms with Crippen LogP contribution in [0.3, 0.4) is 0 Å². The molecule has 0 aliphatic carbocycles. The van der Waals surface area contributed by atoms with Crippen molar-refractivity contribution in [2.75, 3.05) is 5.32 Å². The first kappa shape index (κ1) is 15.6. The third kappa shape index (κ3) is 4.27. The fourth-order valence-corrected chi connectivity index (χ4v) is 1.79. The Kier molecular flexibility index (Phi) is 5.41. The summed E-state index contributed by atoms with van der Waals surface area (Å²) in [5.41, 5.74) is 0.165. The SMILES string of the molecule is C[C@@H](O)[C@H](NC(=O)Nc1c(Cl)cccc1Cl)C(=O)O. The predicted octanol–water partition coefficient (Wildman–Crippen LogP) is 1.95. The molecule has 0 heterocycles. The number of carboxylic acid groups (broad SMARTS) is 1. The van der Waals surface area contributed by atoms with Gasteiger partial charge in [-0.15, -0.1) is 0 Å². The molecular weight excluding hydrogens is 295 g/mol. The summed E-state index contributed by atoms with van der Waals surface area (Å²) in [5, 5.41) is 22.9. The summed E-state index contributed by atoms with van der Waals surface area (Å²) in [6.07, 6.45) is -1.25. The summed E-state index contributed by atoms with van der Waals surface area (Å²) in [7, 11) is 0. The number of aliphatic hydroxyl groups is 1. The molecule has 0 radical (unpaired) electrons. The number of para-hydroxylation sites is 1. The van der Waals surface area contributed by atoms with E-state index in [9.17, 15) is 14.7 Å². The molecule has 6 nitrogen and oxygen atoms in total. The predicted molar refractivity (Wildman–Crippen MR) is 71.7 cm³/mol. The number of carboxylic acids is 1. The van der Waals surface area contributed by atoms with Crippen molar-refractivity contribution in [3.8, 4) is 0 Å². The second-order valence-corrected chi connectivity index (χ2v) is 4.57. The first-order chi connectivity index (χ1) is 8.82. The first-order valence-electron chi connectivity index (χ1n) is 5.25. The van der Waals surface area contributed by atoms with Gasteiger partial charge >= 0.3 is 12.0 Å². The highest BCUT2D eigenvalue weighted by molar-refractivity contribution is 6.39. The molecule has 0 saturated carbocycles. The normalized spacial score (nSPS) is 13.5. The van der Waals surface area contributed by atoms with E-state index in [2.05, 4.69) is 10.6 Å². The molecular formula is C11H12Cl2N2O4. The average Bonchev–Trinajstić information content (AvgIpc) is 2.30. The molecule has 1 aromatic carbocycles. The molecule has 4 N–H and O–H groups in total. The Bertz CT molecular complexity index is 473. The van der Waals surface area contributed by atoms with Crippen molar-refractivity contribution in [1.82, 2.24) is 5.32 Å². The molecule has 104 valence electrons. The van der Waals surface area contributed by atoms with Crippen LogP contribution >= 0.6 is 23.2 Å². The number of carbonyl (C=O) groups is 2. The fraction of sp³-hybridized carbons (Fsp3) is 0.273. The van der Waals surface area contributed by atoms with Gasteiger partial charge in [-0.25, -0.2) is 9.59 Å². The van der Waals surface area contributed by atoms with Gasteiger partial charge in [0.05, 0.1) is 21.8 Å². The average molecular weight is 307 g/mol. The highest BCUT2D eigenvalue weighted by atomic mass is 35.5. The topological polar surface area (TPSA) is 98.7 Å². The lowest BCUT2D eigenvalue weighted by molar-refractivity contribution is -0.141. The van der Waals surface area contributed by atoms with Crippen LogP contribution in [0.1, 0.15) is 6.92 Å². The van der Waals surface area contributed by atoms with E-state index in [1.807, 2.05) is 0 Å². The molecule has 1 aromatic rings. The van der Waals surface area contributed by atoms with E-state index in [-0.39, 0.29) is 15.7 Å². The van der Waals surface area contributed by atoms with Crippen molar-refractivity contribution in [1.29, 1.82) is 0 Å². The van der Waals surface area contributed by atoms with Crippen LogP contribution < -0.4 is 10.6 Å². The Balaban J connectivity index is 2.78. The summed E-state index contributed by atoms with van der Waals surface area (Å²) in [5.74, 6) is -1.35. The lowest BCUT2D eigenvalue weighted by Crippen LogP contribution is -2.49. The molecule has 0 bridgehead atoms. The largest absolute Gasteiger partial charge is 0.480 e. The van der Waals surface area contributed by atoms with Crippen molar-refractivity contribution in [2.45, 2.75) is 19.1 Å². The van der Waals surface area contributed by atoms with Gasteiger partial charge in [-0.05, 0) is 19.1 Å². The summed E-state index contributed by atoms with van der Waals surface area (Å²) >= 11 is 11.7. The van der Waals surface area contributed by atoms with E-state index >= 15 is 0 Å². The molecule has 1 rings (SSSR count). The Morgan fingerprint density at radius 3 is 2.21 bits per heavy atom. The zero-order valence-electron chi connectivity index (χ0n) is 9.85. The van der Waals surface area contributed by atoms with Crippen molar-refractivity contribution >= 4 is 40.9 Å². The van der Waals surface area contributed by atoms with E-state index in [1.165, 1.54) is 19.1 Å². The maximum absolute atomic E-state index is 11.6. The van der Waals surface area contributed by atoms with Gasteiger partial charge in [0.15, 0.2) is 6.04 Å². The van der Waals surface area contributed by atoms with Gasteiger partial charge in [0.1, 0.15) is 0 Å². The maximum Gasteiger partial charge on any atom is 0.328 e. The monoisotopic (exact) mass is 306 g/mol. The number of anilines is 1. The second-order valence-electron chi connectivity index (χ2n) is 3.75. The smallest absolute Gasteiger partial charge is 0.328 e. The molecule has 0 aliphatic rings. The van der Waals surface area contributed by atoms with Gasteiger partial charge in [0.2, 0.25) is 0 Å². The van der Waals surface area contributed by atoms with E-state index in [1.54, 1.807) is 6.07 Å². The van der Waals surface area contributed by atoms with Crippen LogP contribution in [0, 0.1) is 0 Å². The molecule has 0 unspecified atom stereocenters. The highest BCUT2D eigenvalue weighted by Gasteiger charge is 2.25. The minimum atomic E-state index is -1.43. The summed E-state index contributed by atoms with van der Waals surface area (Å²) in [6.45, 7) is 1.25. The molecule has 0 aromatic heterocycles. The third-order valence-corrected chi connectivity index (χ3v) is 2.87. The number of amides is 2. The van der Waals surface area contributed by atoms with Gasteiger partial charge in [-0.2, -0.15) is 0 Å². The summed E-state index contributed by atoms with van der Waals surface area (Å²) in [6, 6.07) is 2.38. The van der Waals surface area contributed by atoms with Gasteiger partial charge < -0.3 is 20.8 Å². The van der Waals surface area contributed by atoms with Crippen molar-refractivity contribution in [3.05, 3.63) is 28.2 Å². The number of urea groups is 1. The summed E-state index contributed by atoms with van der Waals surface area (Å²) < 4.78 is 0. The van der Waals surface area contributed by atoms with E-state index in [0.29, 0.717) is 0 Å². The lowest BCUT2D eigenvalue weighted by Gasteiger charge is -2.18. The van der Waals surface area contributed by atoms with E-state index in [4.69, 9.17) is 28.3 Å². The Morgan fingerprint density at radius 1 is 1.26 bits per heavy atom. The molecule has 2 atom stereocenters. The van der Waals surface area contributed by atoms with Crippen molar-refractivity contribution < 1.29 is 19.8 Å². The van der Waals surface area contributed by atoms with Crippen LogP contribution in [0.2, 0.25) is 10.0 Å². The molecule has 0 saturated heterocycles. The minimum Gasteiger partial charge on any atom is -0.480 e. The molecule has 8 heteroatoms. The summed E-state index contributed by atoms with van der Waals surface area (Å²) in [4.78, 5) is 22.4. The Morgan fingerprint density at radius 2 is 1.79 bits per heavy atom. The number of halogens is 2. The number of aliphatic carboxylic acids is 1. The van der Waals surface area contributed by atoms with Crippen LogP contribution in [-0.4, -0.2) is 34.4 Å². The minimum absolute atomic E-state index is 0.165. The number of carbonyl (C=O) groups excluding carboxylic acids is 1. The Labute approximate surface area is 119 Å². The molecule has 0 fully saturated rings. The van der Waals surface area contributed by atoms with Crippen LogP contribution in [0.25, 0.3) is 0 Å². The zero-order valence-corrected chi connectivity index (χ0v) is 11.4. The molecule has 0 aliphatic heterocycles. The van der Waals surface area contributed by atoms with E-state index in [0.717, 1.165) is 0 Å². The van der Waals surface area contributed by atoms with Crippen LogP contribution in [0.5, 0.6) is 0 Å².